The van der Waals surface area contributed by atoms with E-state index in [1.165, 1.54) is 0 Å². The van der Waals surface area contributed by atoms with Crippen LogP contribution in [0.15, 0.2) is 36.7 Å². The van der Waals surface area contributed by atoms with Gasteiger partial charge in [-0.3, -0.25) is 9.48 Å². The molecule has 5 nitrogen and oxygen atoms in total. The Labute approximate surface area is 112 Å². The molecule has 0 radical (unpaired) electrons. The lowest BCUT2D eigenvalue weighted by Gasteiger charge is -2.05. The Morgan fingerprint density at radius 1 is 1.35 bits per heavy atom. The van der Waals surface area contributed by atoms with E-state index >= 15 is 0 Å². The zero-order valence-corrected chi connectivity index (χ0v) is 11.2. The molecule has 0 aliphatic heterocycles. The van der Waals surface area contributed by atoms with Gasteiger partial charge in [0.1, 0.15) is 0 Å². The first-order valence-electron chi connectivity index (χ1n) is 5.13. The van der Waals surface area contributed by atoms with Crippen LogP contribution in [-0.4, -0.2) is 20.9 Å². The van der Waals surface area contributed by atoms with Crippen molar-refractivity contribution >= 4 is 34.2 Å². The van der Waals surface area contributed by atoms with Gasteiger partial charge in [0.25, 0.3) is 0 Å². The van der Waals surface area contributed by atoms with E-state index in [4.69, 9.17) is 0 Å². The van der Waals surface area contributed by atoms with Gasteiger partial charge in [-0.1, -0.05) is 5.21 Å². The van der Waals surface area contributed by atoms with Crippen molar-refractivity contribution in [3.05, 3.63) is 40.2 Å². The fraction of sp³-hybridized carbons (Fsp3) is 0.182. The van der Waals surface area contributed by atoms with Gasteiger partial charge in [0.05, 0.1) is 12.7 Å². The molecular weight excluding hydrogens is 331 g/mol. The molecule has 1 aromatic carbocycles. The van der Waals surface area contributed by atoms with E-state index in [1.54, 1.807) is 17.1 Å². The Balaban J connectivity index is 1.83. The number of halogens is 1. The van der Waals surface area contributed by atoms with Crippen molar-refractivity contribution in [2.24, 2.45) is 0 Å². The topological polar surface area (TPSA) is 59.8 Å². The van der Waals surface area contributed by atoms with E-state index in [0.29, 0.717) is 13.0 Å². The summed E-state index contributed by atoms with van der Waals surface area (Å²) in [5.74, 6) is -0.0262. The second-order valence-corrected chi connectivity index (χ2v) is 4.72. The first-order chi connectivity index (χ1) is 8.24. The minimum absolute atomic E-state index is 0.0262. The number of carbonyl (C=O) groups is 1. The number of nitrogens with zero attached hydrogens (tertiary/aromatic N) is 3. The number of hydrogen-bond donors (Lipinski definition) is 1. The largest absolute Gasteiger partial charge is 0.326 e. The Bertz CT molecular complexity index is 481. The van der Waals surface area contributed by atoms with E-state index in [0.717, 1.165) is 9.26 Å². The lowest BCUT2D eigenvalue weighted by Crippen LogP contribution is -2.14. The predicted molar refractivity (Wildman–Crippen MR) is 72.4 cm³/mol. The van der Waals surface area contributed by atoms with Crippen LogP contribution in [0.1, 0.15) is 6.42 Å². The number of rotatable bonds is 4. The maximum atomic E-state index is 11.6. The van der Waals surface area contributed by atoms with Crippen LogP contribution < -0.4 is 5.32 Å². The summed E-state index contributed by atoms with van der Waals surface area (Å²) < 4.78 is 2.77. The monoisotopic (exact) mass is 342 g/mol. The highest BCUT2D eigenvalue weighted by molar-refractivity contribution is 14.1. The van der Waals surface area contributed by atoms with Gasteiger partial charge in [-0.25, -0.2) is 0 Å². The summed E-state index contributed by atoms with van der Waals surface area (Å²) in [6.07, 6.45) is 3.71. The highest BCUT2D eigenvalue weighted by Gasteiger charge is 2.02. The van der Waals surface area contributed by atoms with Crippen LogP contribution in [0.2, 0.25) is 0 Å². The van der Waals surface area contributed by atoms with Crippen molar-refractivity contribution in [3.63, 3.8) is 0 Å². The molecule has 0 unspecified atom stereocenters. The van der Waals surface area contributed by atoms with Gasteiger partial charge in [-0.2, -0.15) is 0 Å². The number of amides is 1. The highest BCUT2D eigenvalue weighted by Crippen LogP contribution is 2.11. The number of hydrogen-bond acceptors (Lipinski definition) is 3. The molecule has 1 N–H and O–H groups in total. The summed E-state index contributed by atoms with van der Waals surface area (Å²) in [6.45, 7) is 0.538. The molecule has 2 aromatic rings. The average Bonchev–Trinajstić information content (AvgIpc) is 2.83. The lowest BCUT2D eigenvalue weighted by atomic mass is 10.3. The second kappa shape index (κ2) is 5.76. The number of aryl methyl sites for hydroxylation is 1. The third-order valence-corrected chi connectivity index (χ3v) is 2.89. The molecule has 0 atom stereocenters. The summed E-state index contributed by atoms with van der Waals surface area (Å²) >= 11 is 2.22. The normalized spacial score (nSPS) is 10.2. The minimum atomic E-state index is -0.0262. The summed E-state index contributed by atoms with van der Waals surface area (Å²) in [6, 6.07) is 7.67. The zero-order valence-electron chi connectivity index (χ0n) is 9.01. The number of benzene rings is 1. The first kappa shape index (κ1) is 12.0. The highest BCUT2D eigenvalue weighted by atomic mass is 127. The van der Waals surface area contributed by atoms with E-state index in [9.17, 15) is 4.79 Å². The van der Waals surface area contributed by atoms with Gasteiger partial charge in [-0.05, 0) is 46.9 Å². The van der Waals surface area contributed by atoms with Gasteiger partial charge >= 0.3 is 0 Å². The minimum Gasteiger partial charge on any atom is -0.326 e. The van der Waals surface area contributed by atoms with E-state index in [2.05, 4.69) is 38.2 Å². The summed E-state index contributed by atoms with van der Waals surface area (Å²) in [4.78, 5) is 11.6. The summed E-state index contributed by atoms with van der Waals surface area (Å²) in [7, 11) is 0. The van der Waals surface area contributed by atoms with Crippen molar-refractivity contribution in [3.8, 4) is 0 Å². The molecule has 17 heavy (non-hydrogen) atoms. The lowest BCUT2D eigenvalue weighted by molar-refractivity contribution is -0.116. The van der Waals surface area contributed by atoms with Gasteiger partial charge in [0.2, 0.25) is 5.91 Å². The quantitative estimate of drug-likeness (QED) is 0.864. The van der Waals surface area contributed by atoms with Crippen LogP contribution in [0.25, 0.3) is 0 Å². The van der Waals surface area contributed by atoms with Crippen molar-refractivity contribution in [1.29, 1.82) is 0 Å². The van der Waals surface area contributed by atoms with Crippen LogP contribution in [0.3, 0.4) is 0 Å². The second-order valence-electron chi connectivity index (χ2n) is 3.47. The van der Waals surface area contributed by atoms with Gasteiger partial charge < -0.3 is 5.32 Å². The maximum absolute atomic E-state index is 11.6. The van der Waals surface area contributed by atoms with Crippen LogP contribution in [-0.2, 0) is 11.3 Å². The fourth-order valence-electron chi connectivity index (χ4n) is 1.32. The fourth-order valence-corrected chi connectivity index (χ4v) is 1.68. The zero-order chi connectivity index (χ0) is 12.1. The molecule has 1 heterocycles. The molecule has 0 saturated carbocycles. The van der Waals surface area contributed by atoms with E-state index < -0.39 is 0 Å². The Hall–Kier alpha value is -1.44. The molecule has 2 rings (SSSR count). The van der Waals surface area contributed by atoms with Crippen LogP contribution in [0, 0.1) is 3.57 Å². The van der Waals surface area contributed by atoms with Crippen LogP contribution >= 0.6 is 22.6 Å². The molecule has 0 saturated heterocycles. The van der Waals surface area contributed by atoms with Crippen LogP contribution in [0.4, 0.5) is 5.69 Å². The molecule has 88 valence electrons. The third kappa shape index (κ3) is 3.81. The SMILES string of the molecule is O=C(CCn1ccnn1)Nc1ccc(I)cc1. The van der Waals surface area contributed by atoms with Crippen molar-refractivity contribution in [2.75, 3.05) is 5.32 Å². The van der Waals surface area contributed by atoms with Gasteiger partial charge in [-0.15, -0.1) is 5.10 Å². The predicted octanol–water partition coefficient (Wildman–Crippen LogP) is 1.91. The molecule has 0 aliphatic rings. The number of aromatic nitrogens is 3. The molecule has 1 aromatic heterocycles. The molecular formula is C11H11IN4O. The van der Waals surface area contributed by atoms with E-state index in [-0.39, 0.29) is 5.91 Å². The van der Waals surface area contributed by atoms with Gasteiger partial charge in [0.15, 0.2) is 0 Å². The molecule has 1 amide bonds. The van der Waals surface area contributed by atoms with Crippen LogP contribution in [0.5, 0.6) is 0 Å². The number of anilines is 1. The Kier molecular flexibility index (Phi) is 4.08. The molecule has 0 spiro atoms. The maximum Gasteiger partial charge on any atom is 0.226 e. The molecule has 6 heteroatoms. The first-order valence-corrected chi connectivity index (χ1v) is 6.21. The summed E-state index contributed by atoms with van der Waals surface area (Å²) in [5.41, 5.74) is 0.814. The smallest absolute Gasteiger partial charge is 0.226 e. The van der Waals surface area contributed by atoms with Crippen molar-refractivity contribution in [2.45, 2.75) is 13.0 Å². The van der Waals surface area contributed by atoms with E-state index in [1.807, 2.05) is 24.3 Å². The summed E-state index contributed by atoms with van der Waals surface area (Å²) in [5, 5.41) is 10.3. The molecule has 0 bridgehead atoms. The molecule has 0 aliphatic carbocycles. The Morgan fingerprint density at radius 3 is 2.76 bits per heavy atom. The average molecular weight is 342 g/mol. The third-order valence-electron chi connectivity index (χ3n) is 2.17. The standard InChI is InChI=1S/C11H11IN4O/c12-9-1-3-10(4-2-9)14-11(17)5-7-16-8-6-13-15-16/h1-4,6,8H,5,7H2,(H,14,17). The number of carbonyl (C=O) groups excluding carboxylic acids is 1. The van der Waals surface area contributed by atoms with Crippen molar-refractivity contribution in [1.82, 2.24) is 15.0 Å². The molecule has 0 fully saturated rings. The van der Waals surface area contributed by atoms with Gasteiger partial charge in [0, 0.05) is 21.9 Å². The Morgan fingerprint density at radius 2 is 2.12 bits per heavy atom. The van der Waals surface area contributed by atoms with Crippen molar-refractivity contribution < 1.29 is 4.79 Å². The number of nitrogens with one attached hydrogen (secondary N) is 1.